The molecular formula is C13H13N5O. The van der Waals surface area contributed by atoms with Gasteiger partial charge in [-0.05, 0) is 25.1 Å². The summed E-state index contributed by atoms with van der Waals surface area (Å²) in [4.78, 5) is 15.1. The molecule has 0 aliphatic rings. The minimum atomic E-state index is -0.227. The van der Waals surface area contributed by atoms with Gasteiger partial charge in [-0.15, -0.1) is 5.10 Å². The Morgan fingerprint density at radius 3 is 2.95 bits per heavy atom. The van der Waals surface area contributed by atoms with Gasteiger partial charge in [0.25, 0.3) is 5.91 Å². The van der Waals surface area contributed by atoms with Crippen molar-refractivity contribution < 1.29 is 4.79 Å². The number of carbonyl (C=O) groups excluding carboxylic acids is 1. The van der Waals surface area contributed by atoms with Gasteiger partial charge in [-0.3, -0.25) is 9.48 Å². The zero-order valence-electron chi connectivity index (χ0n) is 10.6. The van der Waals surface area contributed by atoms with Crippen LogP contribution in [0, 0.1) is 6.92 Å². The molecule has 0 atom stereocenters. The van der Waals surface area contributed by atoms with Crippen molar-refractivity contribution in [3.8, 4) is 0 Å². The first-order valence-electron chi connectivity index (χ1n) is 5.89. The monoisotopic (exact) mass is 255 g/mol. The van der Waals surface area contributed by atoms with Gasteiger partial charge in [-0.25, -0.2) is 0 Å². The molecule has 0 saturated carbocycles. The van der Waals surface area contributed by atoms with E-state index < -0.39 is 0 Å². The Labute approximate surface area is 109 Å². The molecule has 0 aliphatic heterocycles. The average molecular weight is 255 g/mol. The third-order valence-corrected chi connectivity index (χ3v) is 2.87. The summed E-state index contributed by atoms with van der Waals surface area (Å²) in [5, 5.41) is 11.3. The first-order chi connectivity index (χ1) is 9.11. The van der Waals surface area contributed by atoms with Gasteiger partial charge in [0.2, 0.25) is 0 Å². The molecule has 0 aliphatic carbocycles. The van der Waals surface area contributed by atoms with Crippen molar-refractivity contribution in [1.29, 1.82) is 0 Å². The number of nitrogens with zero attached hydrogens (tertiary/aromatic N) is 3. The number of aromatic nitrogens is 4. The molecule has 1 aromatic carbocycles. The lowest BCUT2D eigenvalue weighted by Crippen LogP contribution is -2.12. The number of aryl methyl sites for hydroxylation is 2. The van der Waals surface area contributed by atoms with Crippen LogP contribution in [0.2, 0.25) is 0 Å². The molecule has 1 amide bonds. The van der Waals surface area contributed by atoms with E-state index in [9.17, 15) is 4.79 Å². The van der Waals surface area contributed by atoms with E-state index in [1.165, 1.54) is 4.68 Å². The Kier molecular flexibility index (Phi) is 2.56. The van der Waals surface area contributed by atoms with Gasteiger partial charge >= 0.3 is 0 Å². The van der Waals surface area contributed by atoms with Gasteiger partial charge in [-0.2, -0.15) is 0 Å². The first-order valence-corrected chi connectivity index (χ1v) is 5.89. The molecule has 6 heteroatoms. The van der Waals surface area contributed by atoms with Gasteiger partial charge in [-0.1, -0.05) is 16.8 Å². The summed E-state index contributed by atoms with van der Waals surface area (Å²) in [7, 11) is 1.74. The second-order valence-electron chi connectivity index (χ2n) is 4.51. The van der Waals surface area contributed by atoms with E-state index in [1.54, 1.807) is 13.2 Å². The molecule has 2 aromatic heterocycles. The van der Waals surface area contributed by atoms with Crippen LogP contribution in [-0.2, 0) is 7.05 Å². The molecule has 0 unspecified atom stereocenters. The third kappa shape index (κ3) is 2.20. The summed E-state index contributed by atoms with van der Waals surface area (Å²) in [6.45, 7) is 2.02. The largest absolute Gasteiger partial charge is 0.351 e. The number of aromatic amines is 1. The second kappa shape index (κ2) is 4.24. The van der Waals surface area contributed by atoms with Gasteiger partial charge in [0, 0.05) is 18.0 Å². The Morgan fingerprint density at radius 1 is 1.37 bits per heavy atom. The maximum atomic E-state index is 12.1. The van der Waals surface area contributed by atoms with Crippen molar-refractivity contribution in [3.63, 3.8) is 0 Å². The predicted molar refractivity (Wildman–Crippen MR) is 72.0 cm³/mol. The molecule has 0 saturated heterocycles. The highest BCUT2D eigenvalue weighted by Gasteiger charge is 2.11. The molecule has 0 fully saturated rings. The van der Waals surface area contributed by atoms with E-state index in [4.69, 9.17) is 0 Å². The fourth-order valence-corrected chi connectivity index (χ4v) is 1.96. The molecule has 0 bridgehead atoms. The number of carbonyl (C=O) groups is 1. The van der Waals surface area contributed by atoms with Gasteiger partial charge < -0.3 is 10.3 Å². The standard InChI is InChI=1S/C13H13N5O/c1-8-3-4-10-9(5-8)6-11(14-10)13(19)15-12-7-18(2)17-16-12/h3-7,14H,1-2H3,(H,15,19). The lowest BCUT2D eigenvalue weighted by Gasteiger charge is -1.97. The smallest absolute Gasteiger partial charge is 0.273 e. The highest BCUT2D eigenvalue weighted by atomic mass is 16.2. The van der Waals surface area contributed by atoms with Crippen LogP contribution < -0.4 is 5.32 Å². The zero-order valence-corrected chi connectivity index (χ0v) is 10.6. The van der Waals surface area contributed by atoms with Crippen molar-refractivity contribution >= 4 is 22.6 Å². The Morgan fingerprint density at radius 2 is 2.21 bits per heavy atom. The van der Waals surface area contributed by atoms with E-state index in [0.717, 1.165) is 16.5 Å². The highest BCUT2D eigenvalue weighted by Crippen LogP contribution is 2.17. The highest BCUT2D eigenvalue weighted by molar-refractivity contribution is 6.05. The Bertz CT molecular complexity index is 755. The molecule has 0 radical (unpaired) electrons. The molecule has 0 spiro atoms. The number of anilines is 1. The normalized spacial score (nSPS) is 10.8. The third-order valence-electron chi connectivity index (χ3n) is 2.87. The second-order valence-corrected chi connectivity index (χ2v) is 4.51. The van der Waals surface area contributed by atoms with Crippen molar-refractivity contribution in [2.75, 3.05) is 5.32 Å². The fourth-order valence-electron chi connectivity index (χ4n) is 1.96. The van der Waals surface area contributed by atoms with Gasteiger partial charge in [0.05, 0.1) is 6.20 Å². The summed E-state index contributed by atoms with van der Waals surface area (Å²) in [6, 6.07) is 7.83. The minimum absolute atomic E-state index is 0.227. The van der Waals surface area contributed by atoms with Crippen molar-refractivity contribution in [3.05, 3.63) is 41.7 Å². The first kappa shape index (κ1) is 11.5. The Hall–Kier alpha value is -2.63. The lowest BCUT2D eigenvalue weighted by atomic mass is 10.2. The van der Waals surface area contributed by atoms with E-state index in [-0.39, 0.29) is 5.91 Å². The number of amides is 1. The average Bonchev–Trinajstić information content (AvgIpc) is 2.95. The lowest BCUT2D eigenvalue weighted by molar-refractivity contribution is 0.102. The number of nitrogens with one attached hydrogen (secondary N) is 2. The number of fused-ring (bicyclic) bond motifs is 1. The molecule has 2 heterocycles. The summed E-state index contributed by atoms with van der Waals surface area (Å²) >= 11 is 0. The van der Waals surface area contributed by atoms with Crippen LogP contribution in [0.4, 0.5) is 5.82 Å². The SMILES string of the molecule is Cc1ccc2[nH]c(C(=O)Nc3cn(C)nn3)cc2c1. The molecule has 19 heavy (non-hydrogen) atoms. The quantitative estimate of drug-likeness (QED) is 0.733. The van der Waals surface area contributed by atoms with Crippen molar-refractivity contribution in [2.24, 2.45) is 7.05 Å². The van der Waals surface area contributed by atoms with Gasteiger partial charge in [0.15, 0.2) is 5.82 Å². The van der Waals surface area contributed by atoms with Crippen LogP contribution in [0.3, 0.4) is 0 Å². The maximum Gasteiger partial charge on any atom is 0.273 e. The number of hydrogen-bond donors (Lipinski definition) is 2. The molecule has 6 nitrogen and oxygen atoms in total. The summed E-state index contributed by atoms with van der Waals surface area (Å²) in [6.07, 6.45) is 1.64. The van der Waals surface area contributed by atoms with Crippen LogP contribution in [0.25, 0.3) is 10.9 Å². The van der Waals surface area contributed by atoms with Crippen LogP contribution in [0.5, 0.6) is 0 Å². The molecular weight excluding hydrogens is 242 g/mol. The topological polar surface area (TPSA) is 75.6 Å². The molecule has 3 rings (SSSR count). The van der Waals surface area contributed by atoms with E-state index >= 15 is 0 Å². The van der Waals surface area contributed by atoms with Crippen LogP contribution in [0.1, 0.15) is 16.1 Å². The van der Waals surface area contributed by atoms with Crippen LogP contribution in [-0.4, -0.2) is 25.9 Å². The summed E-state index contributed by atoms with van der Waals surface area (Å²) in [5.41, 5.74) is 2.61. The maximum absolute atomic E-state index is 12.1. The van der Waals surface area contributed by atoms with E-state index in [2.05, 4.69) is 20.6 Å². The molecule has 3 aromatic rings. The number of rotatable bonds is 2. The fraction of sp³-hybridized carbons (Fsp3) is 0.154. The Balaban J connectivity index is 1.89. The van der Waals surface area contributed by atoms with E-state index in [0.29, 0.717) is 11.5 Å². The van der Waals surface area contributed by atoms with E-state index in [1.807, 2.05) is 31.2 Å². The molecule has 96 valence electrons. The van der Waals surface area contributed by atoms with Crippen LogP contribution in [0.15, 0.2) is 30.5 Å². The zero-order chi connectivity index (χ0) is 13.4. The van der Waals surface area contributed by atoms with Crippen molar-refractivity contribution in [1.82, 2.24) is 20.0 Å². The van der Waals surface area contributed by atoms with Crippen molar-refractivity contribution in [2.45, 2.75) is 6.92 Å². The van der Waals surface area contributed by atoms with Crippen LogP contribution >= 0.6 is 0 Å². The summed E-state index contributed by atoms with van der Waals surface area (Å²) in [5.74, 6) is 0.205. The number of hydrogen-bond acceptors (Lipinski definition) is 3. The predicted octanol–water partition coefficient (Wildman–Crippen LogP) is 1.86. The van der Waals surface area contributed by atoms with Gasteiger partial charge in [0.1, 0.15) is 5.69 Å². The number of benzene rings is 1. The number of H-pyrrole nitrogens is 1. The molecule has 2 N–H and O–H groups in total. The minimum Gasteiger partial charge on any atom is -0.351 e. The summed E-state index contributed by atoms with van der Waals surface area (Å²) < 4.78 is 1.53.